The second-order valence-corrected chi connectivity index (χ2v) is 7.98. The van der Waals surface area contributed by atoms with Gasteiger partial charge in [0.05, 0.1) is 25.9 Å². The van der Waals surface area contributed by atoms with Crippen LogP contribution in [0.1, 0.15) is 34.6 Å². The first-order valence-corrected chi connectivity index (χ1v) is 10.6. The lowest BCUT2D eigenvalue weighted by molar-refractivity contribution is -0.173. The van der Waals surface area contributed by atoms with Crippen molar-refractivity contribution in [2.75, 3.05) is 31.6 Å². The van der Waals surface area contributed by atoms with Gasteiger partial charge in [-0.2, -0.15) is 18.3 Å². The van der Waals surface area contributed by atoms with E-state index >= 15 is 0 Å². The average Bonchev–Trinajstić information content (AvgIpc) is 3.49. The molecule has 2 atom stereocenters. The Balaban J connectivity index is 1.45. The fourth-order valence-corrected chi connectivity index (χ4v) is 4.13. The normalized spacial score (nSPS) is 18.4. The molecule has 184 valence electrons. The van der Waals surface area contributed by atoms with Gasteiger partial charge in [0, 0.05) is 18.6 Å². The quantitative estimate of drug-likeness (QED) is 0.542. The van der Waals surface area contributed by atoms with Crippen molar-refractivity contribution in [3.63, 3.8) is 0 Å². The third kappa shape index (κ3) is 4.27. The van der Waals surface area contributed by atoms with Crippen LogP contribution in [-0.4, -0.2) is 42.9 Å². The van der Waals surface area contributed by atoms with Gasteiger partial charge in [0.25, 0.3) is 5.91 Å². The summed E-state index contributed by atoms with van der Waals surface area (Å²) in [6, 6.07) is 8.47. The molecule has 1 aromatic heterocycles. The molecule has 35 heavy (non-hydrogen) atoms. The standard InChI is InChI=1S/C23H21F3N4O5/c1-32-13-4-6-17(33-2)15(8-13)28-22(31)16-10-21-27-14(9-20(23(24,25)26)30(21)29-16)12-3-5-18-19(7-12)35-11-34-18/h3-8,10,14,20,27H,9,11H2,1-2H3,(H,28,31)/t14-,20-/m1/s1. The summed E-state index contributed by atoms with van der Waals surface area (Å²) in [4.78, 5) is 12.9. The number of anilines is 2. The Bertz CT molecular complexity index is 1280. The molecule has 2 aliphatic rings. The zero-order valence-electron chi connectivity index (χ0n) is 18.7. The van der Waals surface area contributed by atoms with Crippen LogP contribution in [0.15, 0.2) is 42.5 Å². The van der Waals surface area contributed by atoms with E-state index in [4.69, 9.17) is 18.9 Å². The molecule has 3 heterocycles. The zero-order chi connectivity index (χ0) is 24.7. The summed E-state index contributed by atoms with van der Waals surface area (Å²) in [6.45, 7) is 0.0609. The molecule has 0 radical (unpaired) electrons. The molecule has 1 amide bonds. The third-order valence-corrected chi connectivity index (χ3v) is 5.88. The molecule has 5 rings (SSSR count). The summed E-state index contributed by atoms with van der Waals surface area (Å²) < 4.78 is 63.9. The van der Waals surface area contributed by atoms with Crippen LogP contribution in [0.5, 0.6) is 23.0 Å². The maximum Gasteiger partial charge on any atom is 0.410 e. The first-order valence-electron chi connectivity index (χ1n) is 10.6. The first-order chi connectivity index (χ1) is 16.8. The summed E-state index contributed by atoms with van der Waals surface area (Å²) in [6.07, 6.45) is -4.90. The molecule has 3 aromatic rings. The minimum atomic E-state index is -4.58. The van der Waals surface area contributed by atoms with Crippen LogP contribution in [-0.2, 0) is 0 Å². The van der Waals surface area contributed by atoms with Gasteiger partial charge >= 0.3 is 6.18 Å². The third-order valence-electron chi connectivity index (χ3n) is 5.88. The van der Waals surface area contributed by atoms with Gasteiger partial charge in [-0.15, -0.1) is 0 Å². The van der Waals surface area contributed by atoms with Gasteiger partial charge in [-0.25, -0.2) is 4.68 Å². The summed E-state index contributed by atoms with van der Waals surface area (Å²) in [5, 5.41) is 9.68. The lowest BCUT2D eigenvalue weighted by atomic mass is 9.96. The summed E-state index contributed by atoms with van der Waals surface area (Å²) >= 11 is 0. The minimum absolute atomic E-state index is 0.0609. The highest BCUT2D eigenvalue weighted by molar-refractivity contribution is 6.04. The molecule has 0 saturated heterocycles. The number of amides is 1. The van der Waals surface area contributed by atoms with Crippen LogP contribution in [0.4, 0.5) is 24.7 Å². The first kappa shape index (κ1) is 22.7. The van der Waals surface area contributed by atoms with Crippen LogP contribution >= 0.6 is 0 Å². The molecule has 12 heteroatoms. The molecule has 0 fully saturated rings. The van der Waals surface area contributed by atoms with Gasteiger partial charge in [-0.1, -0.05) is 6.07 Å². The number of alkyl halides is 3. The van der Waals surface area contributed by atoms with Crippen molar-refractivity contribution in [1.82, 2.24) is 9.78 Å². The molecular weight excluding hydrogens is 469 g/mol. The minimum Gasteiger partial charge on any atom is -0.497 e. The summed E-state index contributed by atoms with van der Waals surface area (Å²) in [7, 11) is 2.90. The molecule has 2 aromatic carbocycles. The lowest BCUT2D eigenvalue weighted by Gasteiger charge is -2.33. The number of hydrogen-bond donors (Lipinski definition) is 2. The van der Waals surface area contributed by atoms with Crippen LogP contribution in [0.3, 0.4) is 0 Å². The van der Waals surface area contributed by atoms with E-state index in [1.54, 1.807) is 36.4 Å². The van der Waals surface area contributed by atoms with Crippen molar-refractivity contribution in [2.24, 2.45) is 0 Å². The number of fused-ring (bicyclic) bond motifs is 2. The molecule has 0 aliphatic carbocycles. The number of carbonyl (C=O) groups excluding carboxylic acids is 1. The zero-order valence-corrected chi connectivity index (χ0v) is 18.7. The van der Waals surface area contributed by atoms with Gasteiger partial charge in [0.1, 0.15) is 17.3 Å². The van der Waals surface area contributed by atoms with Crippen molar-refractivity contribution in [3.8, 4) is 23.0 Å². The van der Waals surface area contributed by atoms with Crippen molar-refractivity contribution in [2.45, 2.75) is 24.7 Å². The van der Waals surface area contributed by atoms with E-state index < -0.39 is 24.2 Å². The van der Waals surface area contributed by atoms with E-state index in [0.29, 0.717) is 34.2 Å². The number of rotatable bonds is 5. The van der Waals surface area contributed by atoms with Crippen molar-refractivity contribution in [3.05, 3.63) is 53.7 Å². The molecule has 0 bridgehead atoms. The molecular formula is C23H21F3N4O5. The maximum atomic E-state index is 14.0. The average molecular weight is 490 g/mol. The maximum absolute atomic E-state index is 14.0. The number of aromatic nitrogens is 2. The fourth-order valence-electron chi connectivity index (χ4n) is 4.13. The van der Waals surface area contributed by atoms with Crippen molar-refractivity contribution < 1.29 is 36.9 Å². The number of methoxy groups -OCH3 is 2. The Kier molecular flexibility index (Phi) is 5.58. The van der Waals surface area contributed by atoms with Crippen molar-refractivity contribution in [1.29, 1.82) is 0 Å². The van der Waals surface area contributed by atoms with Gasteiger partial charge in [0.15, 0.2) is 23.2 Å². The molecule has 9 nitrogen and oxygen atoms in total. The van der Waals surface area contributed by atoms with Crippen LogP contribution in [0, 0.1) is 0 Å². The summed E-state index contributed by atoms with van der Waals surface area (Å²) in [5.41, 5.74) is 0.711. The second-order valence-electron chi connectivity index (χ2n) is 7.98. The molecule has 2 N–H and O–H groups in total. The second kappa shape index (κ2) is 8.60. The van der Waals surface area contributed by atoms with E-state index in [0.717, 1.165) is 4.68 Å². The van der Waals surface area contributed by atoms with E-state index in [-0.39, 0.29) is 24.7 Å². The van der Waals surface area contributed by atoms with Gasteiger partial charge in [0.2, 0.25) is 6.79 Å². The molecule has 0 saturated carbocycles. The van der Waals surface area contributed by atoms with Crippen LogP contribution < -0.4 is 29.6 Å². The number of benzene rings is 2. The van der Waals surface area contributed by atoms with E-state index in [1.807, 2.05) is 0 Å². The Morgan fingerprint density at radius 1 is 1.11 bits per heavy atom. The Labute approximate surface area is 197 Å². The van der Waals surface area contributed by atoms with E-state index in [1.165, 1.54) is 20.3 Å². The molecule has 0 spiro atoms. The Morgan fingerprint density at radius 3 is 2.66 bits per heavy atom. The monoisotopic (exact) mass is 490 g/mol. The highest BCUT2D eigenvalue weighted by Crippen LogP contribution is 2.45. The Morgan fingerprint density at radius 2 is 1.91 bits per heavy atom. The van der Waals surface area contributed by atoms with Gasteiger partial charge in [-0.3, -0.25) is 4.79 Å². The Hall–Kier alpha value is -4.09. The number of nitrogens with one attached hydrogen (secondary N) is 2. The van der Waals surface area contributed by atoms with Crippen molar-refractivity contribution >= 4 is 17.4 Å². The molecule has 0 unspecified atom stereocenters. The number of nitrogens with zero attached hydrogens (tertiary/aromatic N) is 2. The van der Waals surface area contributed by atoms with Gasteiger partial charge in [-0.05, 0) is 29.8 Å². The van der Waals surface area contributed by atoms with E-state index in [9.17, 15) is 18.0 Å². The number of ether oxygens (including phenoxy) is 4. The largest absolute Gasteiger partial charge is 0.497 e. The number of carbonyl (C=O) groups is 1. The van der Waals surface area contributed by atoms with Crippen LogP contribution in [0.25, 0.3) is 0 Å². The fraction of sp³-hybridized carbons (Fsp3) is 0.304. The van der Waals surface area contributed by atoms with Gasteiger partial charge < -0.3 is 29.6 Å². The number of hydrogen-bond acceptors (Lipinski definition) is 7. The topological polar surface area (TPSA) is 95.9 Å². The number of halogens is 3. The highest BCUT2D eigenvalue weighted by atomic mass is 19.4. The lowest BCUT2D eigenvalue weighted by Crippen LogP contribution is -2.35. The predicted octanol–water partition coefficient (Wildman–Crippen LogP) is 4.54. The SMILES string of the molecule is COc1ccc(OC)c(NC(=O)c2cc3n(n2)[C@@H](C(F)(F)F)C[C@H](c2ccc4c(c2)OCO4)N3)c1. The molecule has 2 aliphatic heterocycles. The smallest absolute Gasteiger partial charge is 0.410 e. The summed E-state index contributed by atoms with van der Waals surface area (Å²) in [5.74, 6) is 1.21. The predicted molar refractivity (Wildman–Crippen MR) is 118 cm³/mol. The van der Waals surface area contributed by atoms with Crippen LogP contribution in [0.2, 0.25) is 0 Å². The van der Waals surface area contributed by atoms with E-state index in [2.05, 4.69) is 15.7 Å². The highest BCUT2D eigenvalue weighted by Gasteiger charge is 2.47.